The maximum absolute atomic E-state index is 12.6. The van der Waals surface area contributed by atoms with E-state index in [9.17, 15) is 18.0 Å². The number of amides is 2. The van der Waals surface area contributed by atoms with Crippen LogP contribution in [0.5, 0.6) is 0 Å². The molecule has 0 aromatic heterocycles. The van der Waals surface area contributed by atoms with Crippen LogP contribution >= 0.6 is 0 Å². The van der Waals surface area contributed by atoms with Crippen LogP contribution in [0.1, 0.15) is 41.7 Å². The van der Waals surface area contributed by atoms with Gasteiger partial charge in [-0.15, -0.1) is 0 Å². The van der Waals surface area contributed by atoms with Crippen molar-refractivity contribution in [1.29, 1.82) is 0 Å². The normalized spacial score (nSPS) is 15.6. The molecule has 1 aliphatic heterocycles. The number of carbonyl (C=O) groups excluding carboxylic acids is 2. The molecule has 0 spiro atoms. The molecule has 1 N–H and O–H groups in total. The first kappa shape index (κ1) is 19.1. The van der Waals surface area contributed by atoms with Gasteiger partial charge in [0.25, 0.3) is 5.91 Å². The van der Waals surface area contributed by atoms with Crippen LogP contribution in [0.15, 0.2) is 53.4 Å². The van der Waals surface area contributed by atoms with Crippen LogP contribution < -0.4 is 10.2 Å². The maximum atomic E-state index is 12.6. The number of carbonyl (C=O) groups is 2. The molecule has 3 rings (SSSR count). The summed E-state index contributed by atoms with van der Waals surface area (Å²) < 4.78 is 23.1. The van der Waals surface area contributed by atoms with Gasteiger partial charge in [-0.2, -0.15) is 0 Å². The van der Waals surface area contributed by atoms with Crippen molar-refractivity contribution >= 4 is 27.3 Å². The van der Waals surface area contributed by atoms with E-state index in [4.69, 9.17) is 0 Å². The second-order valence-electron chi connectivity index (χ2n) is 6.74. The number of nitrogens with one attached hydrogen (secondary N) is 1. The Bertz CT molecular complexity index is 968. The lowest BCUT2D eigenvalue weighted by atomic mass is 10.1. The van der Waals surface area contributed by atoms with Crippen LogP contribution in [-0.4, -0.2) is 33.0 Å². The molecule has 27 heavy (non-hydrogen) atoms. The van der Waals surface area contributed by atoms with Crippen molar-refractivity contribution in [2.24, 2.45) is 0 Å². The van der Waals surface area contributed by atoms with Crippen LogP contribution in [0.2, 0.25) is 0 Å². The zero-order valence-corrected chi connectivity index (χ0v) is 16.1. The van der Waals surface area contributed by atoms with Gasteiger partial charge in [-0.1, -0.05) is 18.2 Å². The Hall–Kier alpha value is -2.67. The molecule has 0 unspecified atom stereocenters. The Morgan fingerprint density at radius 3 is 2.44 bits per heavy atom. The van der Waals surface area contributed by atoms with Gasteiger partial charge in [0.05, 0.1) is 10.9 Å². The fourth-order valence-corrected chi connectivity index (χ4v) is 3.73. The minimum atomic E-state index is -3.25. The number of hydrogen-bond donors (Lipinski definition) is 1. The summed E-state index contributed by atoms with van der Waals surface area (Å²) in [6.07, 6.45) is 2.53. The van der Waals surface area contributed by atoms with E-state index in [0.717, 1.165) is 23.9 Å². The summed E-state index contributed by atoms with van der Waals surface area (Å²) in [7, 11) is -3.25. The van der Waals surface area contributed by atoms with E-state index in [0.29, 0.717) is 18.5 Å². The van der Waals surface area contributed by atoms with Gasteiger partial charge in [0.15, 0.2) is 9.84 Å². The van der Waals surface area contributed by atoms with Crippen molar-refractivity contribution in [1.82, 2.24) is 5.32 Å². The van der Waals surface area contributed by atoms with E-state index in [1.54, 1.807) is 35.2 Å². The van der Waals surface area contributed by atoms with Gasteiger partial charge < -0.3 is 10.2 Å². The molecule has 1 heterocycles. The predicted molar refractivity (Wildman–Crippen MR) is 103 cm³/mol. The third kappa shape index (κ3) is 4.36. The SMILES string of the molecule is C[C@@H](NC(=O)c1cccc(N2CCCC2=O)c1)c1ccc(S(C)(=O)=O)cc1. The van der Waals surface area contributed by atoms with Gasteiger partial charge in [0.2, 0.25) is 5.91 Å². The molecule has 142 valence electrons. The summed E-state index contributed by atoms with van der Waals surface area (Å²) in [5, 5.41) is 2.91. The molecule has 1 atom stereocenters. The van der Waals surface area contributed by atoms with Gasteiger partial charge in [0.1, 0.15) is 0 Å². The minimum Gasteiger partial charge on any atom is -0.346 e. The van der Waals surface area contributed by atoms with Crippen molar-refractivity contribution in [3.05, 3.63) is 59.7 Å². The van der Waals surface area contributed by atoms with Crippen LogP contribution in [-0.2, 0) is 14.6 Å². The minimum absolute atomic E-state index is 0.0758. The second kappa shape index (κ2) is 7.52. The van der Waals surface area contributed by atoms with Crippen molar-refractivity contribution in [2.45, 2.75) is 30.7 Å². The molecule has 0 aliphatic carbocycles. The predicted octanol–water partition coefficient (Wildman–Crippen LogP) is 2.71. The van der Waals surface area contributed by atoms with Crippen LogP contribution in [0.3, 0.4) is 0 Å². The van der Waals surface area contributed by atoms with Crippen LogP contribution in [0, 0.1) is 0 Å². The fraction of sp³-hybridized carbons (Fsp3) is 0.300. The summed E-state index contributed by atoms with van der Waals surface area (Å²) in [6.45, 7) is 2.51. The molecule has 1 aliphatic rings. The van der Waals surface area contributed by atoms with E-state index in [-0.39, 0.29) is 22.8 Å². The maximum Gasteiger partial charge on any atom is 0.251 e. The largest absolute Gasteiger partial charge is 0.346 e. The lowest BCUT2D eigenvalue weighted by Crippen LogP contribution is -2.28. The Labute approximate surface area is 159 Å². The van der Waals surface area contributed by atoms with Gasteiger partial charge in [-0.05, 0) is 49.2 Å². The molecular formula is C20H22N2O4S. The van der Waals surface area contributed by atoms with E-state index < -0.39 is 9.84 Å². The Kier molecular flexibility index (Phi) is 5.32. The van der Waals surface area contributed by atoms with Gasteiger partial charge in [-0.3, -0.25) is 9.59 Å². The van der Waals surface area contributed by atoms with E-state index in [2.05, 4.69) is 5.32 Å². The quantitative estimate of drug-likeness (QED) is 0.856. The highest BCUT2D eigenvalue weighted by atomic mass is 32.2. The first-order chi connectivity index (χ1) is 12.8. The number of benzene rings is 2. The first-order valence-electron chi connectivity index (χ1n) is 8.77. The zero-order valence-electron chi connectivity index (χ0n) is 15.3. The van der Waals surface area contributed by atoms with Gasteiger partial charge >= 0.3 is 0 Å². The van der Waals surface area contributed by atoms with Crippen molar-refractivity contribution in [2.75, 3.05) is 17.7 Å². The number of anilines is 1. The molecule has 7 heteroatoms. The first-order valence-corrected chi connectivity index (χ1v) is 10.7. The molecule has 2 aromatic rings. The molecule has 2 amide bonds. The van der Waals surface area contributed by atoms with Gasteiger partial charge in [-0.25, -0.2) is 8.42 Å². The summed E-state index contributed by atoms with van der Waals surface area (Å²) in [6, 6.07) is 13.2. The number of nitrogens with zero attached hydrogens (tertiary/aromatic N) is 1. The number of hydrogen-bond acceptors (Lipinski definition) is 4. The molecule has 0 bridgehead atoms. The number of sulfone groups is 1. The number of rotatable bonds is 5. The molecule has 1 fully saturated rings. The lowest BCUT2D eigenvalue weighted by molar-refractivity contribution is -0.117. The van der Waals surface area contributed by atoms with E-state index in [1.165, 1.54) is 12.1 Å². The topological polar surface area (TPSA) is 83.6 Å². The Morgan fingerprint density at radius 1 is 1.15 bits per heavy atom. The van der Waals surface area contributed by atoms with E-state index >= 15 is 0 Å². The molecule has 6 nitrogen and oxygen atoms in total. The average Bonchev–Trinajstić information content (AvgIpc) is 3.07. The average molecular weight is 386 g/mol. The molecule has 1 saturated heterocycles. The summed E-state index contributed by atoms with van der Waals surface area (Å²) in [5.41, 5.74) is 2.02. The van der Waals surface area contributed by atoms with E-state index in [1.807, 2.05) is 13.0 Å². The van der Waals surface area contributed by atoms with Crippen molar-refractivity contribution < 1.29 is 18.0 Å². The highest BCUT2D eigenvalue weighted by Gasteiger charge is 2.22. The fourth-order valence-electron chi connectivity index (χ4n) is 3.10. The highest BCUT2D eigenvalue weighted by Crippen LogP contribution is 2.23. The van der Waals surface area contributed by atoms with Crippen molar-refractivity contribution in [3.8, 4) is 0 Å². The van der Waals surface area contributed by atoms with Crippen LogP contribution in [0.4, 0.5) is 5.69 Å². The molecule has 0 radical (unpaired) electrons. The standard InChI is InChI=1S/C20H22N2O4S/c1-14(15-8-10-18(11-9-15)27(2,25)26)21-20(24)16-5-3-6-17(13-16)22-12-4-7-19(22)23/h3,5-6,8-11,13-14H,4,7,12H2,1-2H3,(H,21,24)/t14-/m1/s1. The summed E-state index contributed by atoms with van der Waals surface area (Å²) >= 11 is 0. The molecular weight excluding hydrogens is 364 g/mol. The lowest BCUT2D eigenvalue weighted by Gasteiger charge is -2.18. The monoisotopic (exact) mass is 386 g/mol. The smallest absolute Gasteiger partial charge is 0.251 e. The Morgan fingerprint density at radius 2 is 1.85 bits per heavy atom. The zero-order chi connectivity index (χ0) is 19.6. The van der Waals surface area contributed by atoms with Gasteiger partial charge in [0, 0.05) is 30.5 Å². The van der Waals surface area contributed by atoms with Crippen LogP contribution in [0.25, 0.3) is 0 Å². The second-order valence-corrected chi connectivity index (χ2v) is 8.75. The summed E-state index contributed by atoms with van der Waals surface area (Å²) in [4.78, 5) is 26.4. The Balaban J connectivity index is 1.72. The third-order valence-corrected chi connectivity index (χ3v) is 5.78. The molecule has 0 saturated carbocycles. The van der Waals surface area contributed by atoms with Crippen molar-refractivity contribution in [3.63, 3.8) is 0 Å². The highest BCUT2D eigenvalue weighted by molar-refractivity contribution is 7.90. The summed E-state index contributed by atoms with van der Waals surface area (Å²) in [5.74, 6) is -0.171. The third-order valence-electron chi connectivity index (χ3n) is 4.65. The molecule has 2 aromatic carbocycles.